The molecule has 0 spiro atoms. The number of hydrogen-bond donors (Lipinski definition) is 3. The Bertz CT molecular complexity index is 1200. The van der Waals surface area contributed by atoms with Crippen LogP contribution in [-0.4, -0.2) is 56.2 Å². The number of aromatic carboxylic acids is 1. The van der Waals surface area contributed by atoms with Crippen LogP contribution in [0.2, 0.25) is 0 Å². The first kappa shape index (κ1) is 35.6. The summed E-state index contributed by atoms with van der Waals surface area (Å²) in [5.41, 5.74) is 4.65. The van der Waals surface area contributed by atoms with Gasteiger partial charge < -0.3 is 25.6 Å². The number of nitrogens with two attached hydrogens (primary N) is 1. The molecule has 0 aromatic heterocycles. The average molecular weight is 555 g/mol. The summed E-state index contributed by atoms with van der Waals surface area (Å²) in [5, 5.41) is 10.8. The Hall–Kier alpha value is -4.59. The second-order valence-corrected chi connectivity index (χ2v) is 6.55. The monoisotopic (exact) mass is 554 g/mol. The van der Waals surface area contributed by atoms with Crippen LogP contribution in [0.15, 0.2) is 36.4 Å². The molecule has 0 saturated carbocycles. The number of hydrogen-bond acceptors (Lipinski definition) is 7. The fourth-order valence-electron chi connectivity index (χ4n) is 2.20. The Morgan fingerprint density at radius 3 is 1.68 bits per heavy atom. The number of ether oxygens (including phenoxy) is 2. The fourth-order valence-corrected chi connectivity index (χ4v) is 2.20. The van der Waals surface area contributed by atoms with Gasteiger partial charge in [-0.25, -0.2) is 23.3 Å². The van der Waals surface area contributed by atoms with E-state index in [2.05, 4.69) is 24.5 Å². The number of carboxylic acid groups (broad SMARTS) is 1. The van der Waals surface area contributed by atoms with Gasteiger partial charge in [0, 0.05) is 13.1 Å². The van der Waals surface area contributed by atoms with Crippen LogP contribution < -0.4 is 11.1 Å². The van der Waals surface area contributed by atoms with Crippen LogP contribution in [0.4, 0.5) is 20.2 Å². The van der Waals surface area contributed by atoms with Gasteiger partial charge in [0.15, 0.2) is 11.4 Å². The SMILES string of the molecule is COC(=O)CCN.Cl.[C-]#[N+]c1ccc(C(=O)NCCC(=O)OC)c(F)c1.[C-]#[N+]c1ccc(C(=O)O)c(F)c1. The van der Waals surface area contributed by atoms with Crippen molar-refractivity contribution in [2.75, 3.05) is 27.3 Å². The van der Waals surface area contributed by atoms with E-state index in [4.69, 9.17) is 24.0 Å². The van der Waals surface area contributed by atoms with E-state index < -0.39 is 35.0 Å². The number of methoxy groups -OCH3 is 2. The van der Waals surface area contributed by atoms with E-state index in [1.54, 1.807) is 0 Å². The molecule has 38 heavy (non-hydrogen) atoms. The number of halogens is 3. The number of carbonyl (C=O) groups excluding carboxylic acids is 3. The van der Waals surface area contributed by atoms with E-state index >= 15 is 0 Å². The Morgan fingerprint density at radius 1 is 0.895 bits per heavy atom. The van der Waals surface area contributed by atoms with Crippen molar-refractivity contribution in [1.29, 1.82) is 0 Å². The zero-order valence-corrected chi connectivity index (χ0v) is 21.1. The first-order chi connectivity index (χ1) is 17.5. The van der Waals surface area contributed by atoms with Crippen molar-refractivity contribution in [2.24, 2.45) is 5.73 Å². The van der Waals surface area contributed by atoms with Crippen LogP contribution in [-0.2, 0) is 19.1 Å². The number of amides is 1. The molecule has 0 unspecified atom stereocenters. The average Bonchev–Trinajstić information content (AvgIpc) is 2.88. The van der Waals surface area contributed by atoms with Gasteiger partial charge in [-0.15, -0.1) is 12.4 Å². The third-order valence-electron chi connectivity index (χ3n) is 4.06. The number of esters is 2. The molecule has 2 aromatic carbocycles. The molecule has 0 atom stereocenters. The largest absolute Gasteiger partial charge is 0.478 e. The maximum atomic E-state index is 13.4. The number of carboxylic acids is 1. The van der Waals surface area contributed by atoms with Crippen molar-refractivity contribution in [3.05, 3.63) is 82.0 Å². The molecule has 14 heteroatoms. The lowest BCUT2D eigenvalue weighted by Gasteiger charge is -2.05. The summed E-state index contributed by atoms with van der Waals surface area (Å²) in [6.07, 6.45) is 0.334. The molecule has 4 N–H and O–H groups in total. The molecule has 0 bridgehead atoms. The second kappa shape index (κ2) is 19.6. The van der Waals surface area contributed by atoms with E-state index in [1.165, 1.54) is 32.4 Å². The van der Waals surface area contributed by atoms with E-state index in [9.17, 15) is 28.0 Å². The first-order valence-corrected chi connectivity index (χ1v) is 10.2. The van der Waals surface area contributed by atoms with Crippen molar-refractivity contribution in [3.8, 4) is 0 Å². The lowest BCUT2D eigenvalue weighted by atomic mass is 10.2. The first-order valence-electron chi connectivity index (χ1n) is 10.2. The van der Waals surface area contributed by atoms with Crippen molar-refractivity contribution < 1.29 is 42.5 Å². The van der Waals surface area contributed by atoms with Crippen molar-refractivity contribution in [1.82, 2.24) is 5.32 Å². The van der Waals surface area contributed by atoms with Crippen LogP contribution in [0.1, 0.15) is 33.6 Å². The Morgan fingerprint density at radius 2 is 1.34 bits per heavy atom. The van der Waals surface area contributed by atoms with Crippen LogP contribution in [0, 0.1) is 24.8 Å². The van der Waals surface area contributed by atoms with Crippen molar-refractivity contribution in [2.45, 2.75) is 12.8 Å². The van der Waals surface area contributed by atoms with Gasteiger partial charge in [0.25, 0.3) is 5.91 Å². The van der Waals surface area contributed by atoms with Gasteiger partial charge in [0.05, 0.1) is 51.3 Å². The quantitative estimate of drug-likeness (QED) is 0.346. The Balaban J connectivity index is 0. The third kappa shape index (κ3) is 13.5. The Labute approximate surface area is 223 Å². The smallest absolute Gasteiger partial charge is 0.338 e. The predicted octanol–water partition coefficient (Wildman–Crippen LogP) is 3.67. The minimum absolute atomic E-state index is 0. The summed E-state index contributed by atoms with van der Waals surface area (Å²) in [5.74, 6) is -4.31. The molecule has 0 aliphatic rings. The minimum Gasteiger partial charge on any atom is -0.478 e. The van der Waals surface area contributed by atoms with E-state index in [-0.39, 0.29) is 48.3 Å². The second-order valence-electron chi connectivity index (χ2n) is 6.55. The molecular weight excluding hydrogens is 530 g/mol. The van der Waals surface area contributed by atoms with Crippen molar-refractivity contribution in [3.63, 3.8) is 0 Å². The summed E-state index contributed by atoms with van der Waals surface area (Å²) in [6, 6.07) is 6.81. The molecule has 0 aliphatic heterocycles. The van der Waals surface area contributed by atoms with Crippen LogP contribution >= 0.6 is 12.4 Å². The van der Waals surface area contributed by atoms with Crippen LogP contribution in [0.25, 0.3) is 9.69 Å². The van der Waals surface area contributed by atoms with Crippen LogP contribution in [0.5, 0.6) is 0 Å². The summed E-state index contributed by atoms with van der Waals surface area (Å²) in [6.45, 7) is 13.7. The van der Waals surface area contributed by atoms with Gasteiger partial charge in [-0.1, -0.05) is 24.3 Å². The maximum Gasteiger partial charge on any atom is 0.338 e. The van der Waals surface area contributed by atoms with Gasteiger partial charge >= 0.3 is 17.9 Å². The van der Waals surface area contributed by atoms with E-state index in [0.717, 1.165) is 18.2 Å². The third-order valence-corrected chi connectivity index (χ3v) is 4.06. The van der Waals surface area contributed by atoms with Gasteiger partial charge in [-0.2, -0.15) is 0 Å². The maximum absolute atomic E-state index is 13.4. The van der Waals surface area contributed by atoms with Gasteiger partial charge in [0.1, 0.15) is 11.6 Å². The summed E-state index contributed by atoms with van der Waals surface area (Å²) in [4.78, 5) is 48.8. The molecule has 11 nitrogen and oxygen atoms in total. The standard InChI is InChI=1S/C12H11FN2O3.C8H4FNO2.C4H9NO2.ClH/c1-14-8-3-4-9(10(13)7-8)12(17)15-6-5-11(16)18-2;1-10-5-2-3-6(8(11)12)7(9)4-5;1-7-4(6)2-3-5;/h3-4,7H,5-6H2,2H3,(H,15,17);2-4H,(H,11,12);2-3,5H2,1H3;1H. The van der Waals surface area contributed by atoms with Gasteiger partial charge in [-0.05, 0) is 12.1 Å². The van der Waals surface area contributed by atoms with Gasteiger partial charge in [0.2, 0.25) is 0 Å². The zero-order chi connectivity index (χ0) is 28.4. The molecule has 0 saturated heterocycles. The molecule has 0 heterocycles. The van der Waals surface area contributed by atoms with Crippen LogP contribution in [0.3, 0.4) is 0 Å². The zero-order valence-electron chi connectivity index (χ0n) is 20.3. The molecule has 2 rings (SSSR count). The van der Waals surface area contributed by atoms with Crippen molar-refractivity contribution >= 4 is 47.6 Å². The molecule has 0 aliphatic carbocycles. The summed E-state index contributed by atoms with van der Waals surface area (Å²) >= 11 is 0. The number of carbonyl (C=O) groups is 4. The van der Waals surface area contributed by atoms with E-state index in [0.29, 0.717) is 13.0 Å². The van der Waals surface area contributed by atoms with E-state index in [1.807, 2.05) is 0 Å². The highest BCUT2D eigenvalue weighted by molar-refractivity contribution is 5.95. The lowest BCUT2D eigenvalue weighted by molar-refractivity contribution is -0.141. The minimum atomic E-state index is -1.33. The lowest BCUT2D eigenvalue weighted by Crippen LogP contribution is -2.27. The highest BCUT2D eigenvalue weighted by Crippen LogP contribution is 2.17. The number of benzene rings is 2. The molecule has 0 fully saturated rings. The summed E-state index contributed by atoms with van der Waals surface area (Å²) < 4.78 is 34.9. The normalized spacial score (nSPS) is 8.82. The molecule has 0 radical (unpaired) electrons. The fraction of sp³-hybridized carbons (Fsp3) is 0.250. The number of nitrogens with one attached hydrogen (secondary N) is 1. The topological polar surface area (TPSA) is 154 Å². The number of rotatable bonds is 7. The molecule has 204 valence electrons. The highest BCUT2D eigenvalue weighted by Gasteiger charge is 2.12. The predicted molar refractivity (Wildman–Crippen MR) is 134 cm³/mol. The molecule has 2 aromatic rings. The summed E-state index contributed by atoms with van der Waals surface area (Å²) in [7, 11) is 2.59. The Kier molecular flexibility index (Phi) is 18.3. The highest BCUT2D eigenvalue weighted by atomic mass is 35.5. The van der Waals surface area contributed by atoms with Gasteiger partial charge in [-0.3, -0.25) is 14.4 Å². The number of nitrogens with zero attached hydrogens (tertiary/aromatic N) is 2. The molecule has 1 amide bonds. The molecular formula is C24H25ClF2N4O7.